The van der Waals surface area contributed by atoms with Gasteiger partial charge in [-0.05, 0) is 43.4 Å². The van der Waals surface area contributed by atoms with Gasteiger partial charge in [-0.25, -0.2) is 14.4 Å². The number of halogens is 2. The van der Waals surface area contributed by atoms with E-state index in [0.29, 0.717) is 36.1 Å². The van der Waals surface area contributed by atoms with Gasteiger partial charge < -0.3 is 9.47 Å². The summed E-state index contributed by atoms with van der Waals surface area (Å²) < 4.78 is 24.8. The van der Waals surface area contributed by atoms with Crippen molar-refractivity contribution in [3.05, 3.63) is 59.7 Å². The first-order valence-electron chi connectivity index (χ1n) is 8.79. The molecule has 1 aromatic carbocycles. The minimum absolute atomic E-state index is 0.0664. The smallest absolute Gasteiger partial charge is 0.222 e. The van der Waals surface area contributed by atoms with E-state index in [1.807, 2.05) is 6.08 Å². The van der Waals surface area contributed by atoms with E-state index in [-0.39, 0.29) is 5.02 Å². The highest BCUT2D eigenvalue weighted by Crippen LogP contribution is 2.21. The second kappa shape index (κ2) is 9.61. The highest BCUT2D eigenvalue weighted by atomic mass is 35.5. The van der Waals surface area contributed by atoms with Crippen molar-refractivity contribution < 1.29 is 13.9 Å². The molecule has 4 nitrogen and oxygen atoms in total. The van der Waals surface area contributed by atoms with Crippen molar-refractivity contribution in [2.45, 2.75) is 25.6 Å². The van der Waals surface area contributed by atoms with Crippen molar-refractivity contribution in [2.75, 3.05) is 13.2 Å². The molecule has 1 saturated heterocycles. The van der Waals surface area contributed by atoms with Gasteiger partial charge in [-0.15, -0.1) is 6.58 Å². The summed E-state index contributed by atoms with van der Waals surface area (Å²) in [6.07, 6.45) is 7.73. The van der Waals surface area contributed by atoms with Gasteiger partial charge in [0, 0.05) is 23.9 Å². The summed E-state index contributed by atoms with van der Waals surface area (Å²) in [6.45, 7) is 5.02. The van der Waals surface area contributed by atoms with Crippen LogP contribution < -0.4 is 0 Å². The fourth-order valence-corrected chi connectivity index (χ4v) is 2.78. The Morgan fingerprint density at radius 3 is 2.67 bits per heavy atom. The molecular weight excluding hydrogens is 367 g/mol. The van der Waals surface area contributed by atoms with Gasteiger partial charge in [-0.3, -0.25) is 0 Å². The Balaban J connectivity index is 1.55. The first-order chi connectivity index (χ1) is 13.2. The fraction of sp³-hybridized carbons (Fsp3) is 0.333. The molecule has 2 aromatic rings. The Bertz CT molecular complexity index is 837. The van der Waals surface area contributed by atoms with Crippen LogP contribution in [0.15, 0.2) is 43.2 Å². The maximum atomic E-state index is 13.5. The molecule has 27 heavy (non-hydrogen) atoms. The molecule has 3 rings (SSSR count). The predicted molar refractivity (Wildman–Crippen MR) is 103 cm³/mol. The Morgan fingerprint density at radius 1 is 1.26 bits per heavy atom. The zero-order chi connectivity index (χ0) is 19.1. The third-order valence-corrected chi connectivity index (χ3v) is 4.46. The lowest BCUT2D eigenvalue weighted by atomic mass is 10.0. The van der Waals surface area contributed by atoms with Crippen LogP contribution in [-0.2, 0) is 9.47 Å². The van der Waals surface area contributed by atoms with Crippen molar-refractivity contribution >= 4 is 11.6 Å². The van der Waals surface area contributed by atoms with Crippen molar-refractivity contribution in [1.29, 1.82) is 0 Å². The molecule has 140 valence electrons. The number of rotatable bonds is 5. The van der Waals surface area contributed by atoms with Gasteiger partial charge in [0.15, 0.2) is 5.82 Å². The van der Waals surface area contributed by atoms with Crippen molar-refractivity contribution in [3.63, 3.8) is 0 Å². The summed E-state index contributed by atoms with van der Waals surface area (Å²) in [7, 11) is 0. The highest BCUT2D eigenvalue weighted by molar-refractivity contribution is 6.30. The Kier molecular flexibility index (Phi) is 6.94. The van der Waals surface area contributed by atoms with E-state index in [1.54, 1.807) is 18.5 Å². The predicted octanol–water partition coefficient (Wildman–Crippen LogP) is 4.63. The van der Waals surface area contributed by atoms with E-state index in [4.69, 9.17) is 21.1 Å². The van der Waals surface area contributed by atoms with E-state index < -0.39 is 12.1 Å². The number of allylic oxidation sites excluding steroid dienone is 1. The number of benzene rings is 1. The molecule has 0 saturated carbocycles. The van der Waals surface area contributed by atoms with Crippen LogP contribution in [0.2, 0.25) is 5.02 Å². The van der Waals surface area contributed by atoms with Crippen LogP contribution in [0.25, 0.3) is 11.4 Å². The third kappa shape index (κ3) is 5.61. The monoisotopic (exact) mass is 386 g/mol. The number of aromatic nitrogens is 2. The molecule has 0 bridgehead atoms. The van der Waals surface area contributed by atoms with Gasteiger partial charge >= 0.3 is 0 Å². The quantitative estimate of drug-likeness (QED) is 0.427. The number of unbranched alkanes of at least 4 members (excludes halogenated alkanes) is 1. The molecule has 1 fully saturated rings. The van der Waals surface area contributed by atoms with Crippen LogP contribution in [0.3, 0.4) is 0 Å². The van der Waals surface area contributed by atoms with Crippen LogP contribution >= 0.6 is 11.6 Å². The first kappa shape index (κ1) is 19.5. The van der Waals surface area contributed by atoms with Gasteiger partial charge in [0.1, 0.15) is 5.82 Å². The van der Waals surface area contributed by atoms with Crippen molar-refractivity contribution in [2.24, 2.45) is 5.92 Å². The standard InChI is InChI=1S/C21H20ClFN2O2/c1-2-3-4-5-16-13-26-20(27-14-16)9-6-15-11-24-21(25-12-15)17-7-8-18(22)19(23)10-17/h2,7-8,10-12,16,20H,1,3-5,13-14H2/t16-,20-. The van der Waals surface area contributed by atoms with Gasteiger partial charge in [0.2, 0.25) is 6.29 Å². The average Bonchev–Trinajstić information content (AvgIpc) is 2.70. The fourth-order valence-electron chi connectivity index (χ4n) is 2.66. The molecule has 6 heteroatoms. The van der Waals surface area contributed by atoms with Gasteiger partial charge in [-0.1, -0.05) is 23.6 Å². The van der Waals surface area contributed by atoms with E-state index in [1.165, 1.54) is 12.1 Å². The topological polar surface area (TPSA) is 44.2 Å². The van der Waals surface area contributed by atoms with E-state index in [0.717, 1.165) is 19.3 Å². The summed E-state index contributed by atoms with van der Waals surface area (Å²) in [6, 6.07) is 4.45. The second-order valence-corrected chi connectivity index (χ2v) is 6.68. The molecular formula is C21H20ClFN2O2. The van der Waals surface area contributed by atoms with Crippen LogP contribution in [0.4, 0.5) is 4.39 Å². The van der Waals surface area contributed by atoms with Crippen molar-refractivity contribution in [1.82, 2.24) is 9.97 Å². The van der Waals surface area contributed by atoms with Gasteiger partial charge in [0.05, 0.1) is 23.8 Å². The molecule has 2 heterocycles. The van der Waals surface area contributed by atoms with E-state index >= 15 is 0 Å². The lowest BCUT2D eigenvalue weighted by molar-refractivity contribution is -0.170. The molecule has 0 atom stereocenters. The van der Waals surface area contributed by atoms with Crippen LogP contribution in [0.1, 0.15) is 24.8 Å². The minimum Gasteiger partial charge on any atom is -0.342 e. The lowest BCUT2D eigenvalue weighted by Crippen LogP contribution is -2.31. The lowest BCUT2D eigenvalue weighted by Gasteiger charge is -2.26. The molecule has 1 aliphatic rings. The van der Waals surface area contributed by atoms with Crippen LogP contribution in [0.5, 0.6) is 0 Å². The Hall–Kier alpha value is -2.26. The van der Waals surface area contributed by atoms with Crippen molar-refractivity contribution in [3.8, 4) is 23.2 Å². The largest absolute Gasteiger partial charge is 0.342 e. The van der Waals surface area contributed by atoms with E-state index in [2.05, 4.69) is 28.4 Å². The van der Waals surface area contributed by atoms with Gasteiger partial charge in [-0.2, -0.15) is 0 Å². The number of hydrogen-bond donors (Lipinski definition) is 0. The highest BCUT2D eigenvalue weighted by Gasteiger charge is 2.20. The average molecular weight is 387 g/mol. The van der Waals surface area contributed by atoms with Gasteiger partial charge in [0.25, 0.3) is 0 Å². The third-order valence-electron chi connectivity index (χ3n) is 4.15. The van der Waals surface area contributed by atoms with E-state index in [9.17, 15) is 4.39 Å². The first-order valence-corrected chi connectivity index (χ1v) is 9.16. The van der Waals surface area contributed by atoms with Crippen LogP contribution in [-0.4, -0.2) is 29.5 Å². The molecule has 1 aliphatic heterocycles. The molecule has 0 spiro atoms. The second-order valence-electron chi connectivity index (χ2n) is 6.28. The summed E-state index contributed by atoms with van der Waals surface area (Å²) in [5.74, 6) is 6.19. The molecule has 0 aliphatic carbocycles. The number of ether oxygens (including phenoxy) is 2. The molecule has 1 aromatic heterocycles. The SMILES string of the molecule is C=CCCC[C@H]1CO[C@H](C#Cc2cnc(-c3ccc(Cl)c(F)c3)nc2)OC1. The summed E-state index contributed by atoms with van der Waals surface area (Å²) in [4.78, 5) is 8.45. The summed E-state index contributed by atoms with van der Waals surface area (Å²) >= 11 is 5.69. The molecule has 0 unspecified atom stereocenters. The molecule has 0 radical (unpaired) electrons. The molecule has 0 amide bonds. The summed E-state index contributed by atoms with van der Waals surface area (Å²) in [5, 5.41) is 0.0664. The zero-order valence-electron chi connectivity index (χ0n) is 14.8. The molecule has 0 N–H and O–H groups in total. The Labute approximate surface area is 163 Å². The zero-order valence-corrected chi connectivity index (χ0v) is 15.6. The van der Waals surface area contributed by atoms with Crippen LogP contribution in [0, 0.1) is 23.6 Å². The maximum absolute atomic E-state index is 13.5. The Morgan fingerprint density at radius 2 is 2.00 bits per heavy atom. The number of hydrogen-bond acceptors (Lipinski definition) is 4. The normalized spacial score (nSPS) is 19.2. The minimum atomic E-state index is -0.536. The maximum Gasteiger partial charge on any atom is 0.222 e. The number of nitrogens with zero attached hydrogens (tertiary/aromatic N) is 2. The summed E-state index contributed by atoms with van der Waals surface area (Å²) in [5.41, 5.74) is 1.19.